The number of likely N-dealkylation sites (N-methyl/N-ethyl adjacent to an activating group) is 1. The van der Waals surface area contributed by atoms with Crippen LogP contribution in [0, 0.1) is 5.92 Å². The zero-order chi connectivity index (χ0) is 19.8. The van der Waals surface area contributed by atoms with Gasteiger partial charge in [-0.2, -0.15) is 0 Å². The standard InChI is InChI=1S/C23H39N5.HI/c1-4-24-23(28-14-5-7-20(2)18-28)25-17-21-8-10-22(11-9-21)19-27-13-6-12-26(3)15-16-27;/h8-11,20H,4-7,12-19H2,1-3H3,(H,24,25);1H. The first kappa shape index (κ1) is 24.4. The van der Waals surface area contributed by atoms with Gasteiger partial charge in [0, 0.05) is 39.3 Å². The van der Waals surface area contributed by atoms with Gasteiger partial charge in [-0.3, -0.25) is 4.90 Å². The SMILES string of the molecule is CCNC(=NCc1ccc(CN2CCCN(C)CC2)cc1)N1CCCC(C)C1.I. The van der Waals surface area contributed by atoms with Crippen molar-refractivity contribution in [2.24, 2.45) is 10.9 Å². The van der Waals surface area contributed by atoms with E-state index in [0.29, 0.717) is 0 Å². The number of nitrogens with one attached hydrogen (secondary N) is 1. The number of rotatable bonds is 5. The molecule has 1 unspecified atom stereocenters. The first-order valence-corrected chi connectivity index (χ1v) is 11.2. The van der Waals surface area contributed by atoms with E-state index in [9.17, 15) is 0 Å². The number of likely N-dealkylation sites (tertiary alicyclic amines) is 1. The van der Waals surface area contributed by atoms with E-state index >= 15 is 0 Å². The molecule has 1 aromatic carbocycles. The van der Waals surface area contributed by atoms with Gasteiger partial charge in [0.1, 0.15) is 0 Å². The molecule has 2 saturated heterocycles. The van der Waals surface area contributed by atoms with Crippen LogP contribution in [0.4, 0.5) is 0 Å². The Hall–Kier alpha value is -0.860. The highest BCUT2D eigenvalue weighted by atomic mass is 127. The molecule has 3 rings (SSSR count). The number of halogens is 1. The Morgan fingerprint density at radius 3 is 2.52 bits per heavy atom. The van der Waals surface area contributed by atoms with Gasteiger partial charge < -0.3 is 15.1 Å². The molecule has 2 aliphatic heterocycles. The van der Waals surface area contributed by atoms with Gasteiger partial charge in [-0.15, -0.1) is 24.0 Å². The third kappa shape index (κ3) is 8.06. The fourth-order valence-electron chi connectivity index (χ4n) is 4.24. The van der Waals surface area contributed by atoms with Crippen LogP contribution in [0.25, 0.3) is 0 Å². The Kier molecular flexibility index (Phi) is 10.7. The van der Waals surface area contributed by atoms with Crippen LogP contribution < -0.4 is 5.32 Å². The Balaban J connectivity index is 0.00000300. The predicted octanol–water partition coefficient (Wildman–Crippen LogP) is 3.64. The number of guanidine groups is 1. The Morgan fingerprint density at radius 1 is 1.03 bits per heavy atom. The molecule has 2 aliphatic rings. The van der Waals surface area contributed by atoms with Crippen molar-refractivity contribution in [1.82, 2.24) is 20.0 Å². The van der Waals surface area contributed by atoms with Crippen LogP contribution in [0.3, 0.4) is 0 Å². The molecule has 1 atom stereocenters. The smallest absolute Gasteiger partial charge is 0.194 e. The quantitative estimate of drug-likeness (QED) is 0.371. The summed E-state index contributed by atoms with van der Waals surface area (Å²) in [5.74, 6) is 1.84. The van der Waals surface area contributed by atoms with Crippen molar-refractivity contribution in [2.45, 2.75) is 46.2 Å². The van der Waals surface area contributed by atoms with E-state index in [4.69, 9.17) is 4.99 Å². The summed E-state index contributed by atoms with van der Waals surface area (Å²) in [6.45, 7) is 14.2. The van der Waals surface area contributed by atoms with E-state index in [-0.39, 0.29) is 24.0 Å². The number of hydrogen-bond donors (Lipinski definition) is 1. The molecule has 1 N–H and O–H groups in total. The van der Waals surface area contributed by atoms with Crippen LogP contribution in [0.5, 0.6) is 0 Å². The van der Waals surface area contributed by atoms with Crippen LogP contribution in [0.1, 0.15) is 44.2 Å². The number of benzene rings is 1. The molecule has 2 heterocycles. The summed E-state index contributed by atoms with van der Waals surface area (Å²) in [6.07, 6.45) is 3.88. The molecule has 164 valence electrons. The molecule has 0 saturated carbocycles. The van der Waals surface area contributed by atoms with Gasteiger partial charge in [0.2, 0.25) is 0 Å². The van der Waals surface area contributed by atoms with Crippen molar-refractivity contribution < 1.29 is 0 Å². The second kappa shape index (κ2) is 12.7. The maximum absolute atomic E-state index is 4.92. The van der Waals surface area contributed by atoms with Gasteiger partial charge in [0.05, 0.1) is 6.54 Å². The van der Waals surface area contributed by atoms with Crippen molar-refractivity contribution in [3.63, 3.8) is 0 Å². The summed E-state index contributed by atoms with van der Waals surface area (Å²) >= 11 is 0. The molecule has 5 nitrogen and oxygen atoms in total. The van der Waals surface area contributed by atoms with Crippen LogP contribution in [-0.2, 0) is 13.1 Å². The van der Waals surface area contributed by atoms with Crippen molar-refractivity contribution in [3.8, 4) is 0 Å². The van der Waals surface area contributed by atoms with E-state index in [1.165, 1.54) is 56.6 Å². The molecule has 0 aliphatic carbocycles. The Bertz CT molecular complexity index is 618. The first-order chi connectivity index (χ1) is 13.6. The summed E-state index contributed by atoms with van der Waals surface area (Å²) < 4.78 is 0. The lowest BCUT2D eigenvalue weighted by Crippen LogP contribution is -2.46. The second-order valence-electron chi connectivity index (χ2n) is 8.61. The van der Waals surface area contributed by atoms with Crippen molar-refractivity contribution in [1.29, 1.82) is 0 Å². The van der Waals surface area contributed by atoms with Crippen LogP contribution in [0.15, 0.2) is 29.3 Å². The molecule has 0 aromatic heterocycles. The highest BCUT2D eigenvalue weighted by molar-refractivity contribution is 14.0. The molecule has 1 aromatic rings. The number of piperidine rings is 1. The van der Waals surface area contributed by atoms with Gasteiger partial charge in [0.15, 0.2) is 5.96 Å². The van der Waals surface area contributed by atoms with Crippen molar-refractivity contribution >= 4 is 29.9 Å². The predicted molar refractivity (Wildman–Crippen MR) is 134 cm³/mol. The van der Waals surface area contributed by atoms with E-state index in [0.717, 1.165) is 44.6 Å². The molecule has 0 amide bonds. The molecule has 2 fully saturated rings. The lowest BCUT2D eigenvalue weighted by Gasteiger charge is -2.33. The lowest BCUT2D eigenvalue weighted by molar-refractivity contribution is 0.266. The maximum atomic E-state index is 4.92. The summed E-state index contributed by atoms with van der Waals surface area (Å²) in [5.41, 5.74) is 2.70. The first-order valence-electron chi connectivity index (χ1n) is 11.2. The molecular formula is C23H40IN5. The monoisotopic (exact) mass is 513 g/mol. The zero-order valence-corrected chi connectivity index (χ0v) is 20.9. The third-order valence-electron chi connectivity index (χ3n) is 5.94. The maximum Gasteiger partial charge on any atom is 0.194 e. The average molecular weight is 514 g/mol. The molecule has 29 heavy (non-hydrogen) atoms. The van der Waals surface area contributed by atoms with Crippen LogP contribution >= 0.6 is 24.0 Å². The highest BCUT2D eigenvalue weighted by Crippen LogP contribution is 2.16. The Labute approximate surface area is 194 Å². The van der Waals surface area contributed by atoms with E-state index in [2.05, 4.69) is 65.2 Å². The molecule has 0 spiro atoms. The lowest BCUT2D eigenvalue weighted by atomic mass is 10.0. The molecule has 0 bridgehead atoms. The number of nitrogens with zero attached hydrogens (tertiary/aromatic N) is 4. The van der Waals surface area contributed by atoms with E-state index in [1.54, 1.807) is 0 Å². The average Bonchev–Trinajstić information content (AvgIpc) is 2.90. The van der Waals surface area contributed by atoms with Gasteiger partial charge in [-0.05, 0) is 63.4 Å². The molecule has 6 heteroatoms. The van der Waals surface area contributed by atoms with E-state index in [1.807, 2.05) is 0 Å². The van der Waals surface area contributed by atoms with Crippen LogP contribution in [0.2, 0.25) is 0 Å². The fraction of sp³-hybridized carbons (Fsp3) is 0.696. The van der Waals surface area contributed by atoms with Crippen molar-refractivity contribution in [3.05, 3.63) is 35.4 Å². The van der Waals surface area contributed by atoms with E-state index < -0.39 is 0 Å². The summed E-state index contributed by atoms with van der Waals surface area (Å²) in [6, 6.07) is 9.08. The normalized spacial score (nSPS) is 22.1. The number of aliphatic imine (C=N–C) groups is 1. The van der Waals surface area contributed by atoms with Gasteiger partial charge in [0.25, 0.3) is 0 Å². The summed E-state index contributed by atoms with van der Waals surface area (Å²) in [4.78, 5) is 12.4. The minimum absolute atomic E-state index is 0. The molecular weight excluding hydrogens is 473 g/mol. The minimum atomic E-state index is 0. The molecule has 0 radical (unpaired) electrons. The summed E-state index contributed by atoms with van der Waals surface area (Å²) in [7, 11) is 2.23. The zero-order valence-electron chi connectivity index (χ0n) is 18.6. The fourth-order valence-corrected chi connectivity index (χ4v) is 4.24. The third-order valence-corrected chi connectivity index (χ3v) is 5.94. The van der Waals surface area contributed by atoms with Gasteiger partial charge >= 0.3 is 0 Å². The Morgan fingerprint density at radius 2 is 1.79 bits per heavy atom. The van der Waals surface area contributed by atoms with Crippen LogP contribution in [-0.4, -0.2) is 73.5 Å². The largest absolute Gasteiger partial charge is 0.357 e. The topological polar surface area (TPSA) is 34.1 Å². The second-order valence-corrected chi connectivity index (χ2v) is 8.61. The van der Waals surface area contributed by atoms with Crippen molar-refractivity contribution in [2.75, 3.05) is 52.9 Å². The minimum Gasteiger partial charge on any atom is -0.357 e. The van der Waals surface area contributed by atoms with Gasteiger partial charge in [-0.1, -0.05) is 31.2 Å². The van der Waals surface area contributed by atoms with Gasteiger partial charge in [-0.25, -0.2) is 4.99 Å². The highest BCUT2D eigenvalue weighted by Gasteiger charge is 2.19. The number of hydrogen-bond acceptors (Lipinski definition) is 3. The summed E-state index contributed by atoms with van der Waals surface area (Å²) in [5, 5.41) is 3.48.